The molecule has 0 bridgehead atoms. The fourth-order valence-electron chi connectivity index (χ4n) is 2.65. The Morgan fingerprint density at radius 2 is 2.05 bits per heavy atom. The van der Waals surface area contributed by atoms with Crippen LogP contribution in [0.1, 0.15) is 41.6 Å². The molecule has 2 rings (SSSR count). The summed E-state index contributed by atoms with van der Waals surface area (Å²) in [6.45, 7) is 10.7. The lowest BCUT2D eigenvalue weighted by Crippen LogP contribution is -2.33. The Balaban J connectivity index is 2.33. The fourth-order valence-corrected chi connectivity index (χ4v) is 3.80. The van der Waals surface area contributed by atoms with Gasteiger partial charge in [-0.1, -0.05) is 6.92 Å². The molecule has 0 saturated carbocycles. The molecule has 0 radical (unpaired) electrons. The standard InChI is InChI=1S/C14H23N3OS/c1-4-16-8-7-10-11(9-16)19-13(15)12(10)14(18)17(5-2)6-3/h4-9,15H2,1-3H3. The first-order chi connectivity index (χ1) is 9.12. The summed E-state index contributed by atoms with van der Waals surface area (Å²) < 4.78 is 0. The van der Waals surface area contributed by atoms with Crippen LogP contribution in [0, 0.1) is 0 Å². The van der Waals surface area contributed by atoms with Crippen molar-refractivity contribution in [3.8, 4) is 0 Å². The number of nitrogens with zero attached hydrogens (tertiary/aromatic N) is 2. The van der Waals surface area contributed by atoms with E-state index in [1.54, 1.807) is 11.3 Å². The summed E-state index contributed by atoms with van der Waals surface area (Å²) in [6.07, 6.45) is 0.944. The van der Waals surface area contributed by atoms with E-state index >= 15 is 0 Å². The number of thiophene rings is 1. The SMILES string of the molecule is CCN1CCc2c(sc(N)c2C(=O)N(CC)CC)C1. The van der Waals surface area contributed by atoms with Gasteiger partial charge in [-0.05, 0) is 32.4 Å². The molecule has 0 spiro atoms. The summed E-state index contributed by atoms with van der Waals surface area (Å²) in [5.74, 6) is 0.102. The molecule has 1 aromatic rings. The zero-order chi connectivity index (χ0) is 14.0. The third-order valence-corrected chi connectivity index (χ3v) is 4.92. The average Bonchev–Trinajstić information content (AvgIpc) is 2.74. The number of hydrogen-bond acceptors (Lipinski definition) is 4. The molecule has 1 amide bonds. The second-order valence-corrected chi connectivity index (χ2v) is 5.98. The number of hydrogen-bond donors (Lipinski definition) is 1. The summed E-state index contributed by atoms with van der Waals surface area (Å²) in [4.78, 5) is 18.1. The summed E-state index contributed by atoms with van der Waals surface area (Å²) in [7, 11) is 0. The molecule has 0 unspecified atom stereocenters. The van der Waals surface area contributed by atoms with Crippen LogP contribution in [0.2, 0.25) is 0 Å². The topological polar surface area (TPSA) is 49.6 Å². The van der Waals surface area contributed by atoms with Gasteiger partial charge in [-0.3, -0.25) is 9.69 Å². The van der Waals surface area contributed by atoms with Crippen molar-refractivity contribution in [1.29, 1.82) is 0 Å². The Labute approximate surface area is 119 Å². The zero-order valence-corrected chi connectivity index (χ0v) is 12.8. The van der Waals surface area contributed by atoms with Crippen LogP contribution in [0.3, 0.4) is 0 Å². The van der Waals surface area contributed by atoms with Gasteiger partial charge < -0.3 is 10.6 Å². The number of rotatable bonds is 4. The van der Waals surface area contributed by atoms with Crippen LogP contribution in [-0.2, 0) is 13.0 Å². The van der Waals surface area contributed by atoms with Gasteiger partial charge in [0.2, 0.25) is 0 Å². The molecule has 2 heterocycles. The Kier molecular flexibility index (Phi) is 4.47. The normalized spacial score (nSPS) is 15.3. The number of amides is 1. The predicted molar refractivity (Wildman–Crippen MR) is 80.6 cm³/mol. The van der Waals surface area contributed by atoms with Crippen LogP contribution in [0.5, 0.6) is 0 Å². The van der Waals surface area contributed by atoms with Crippen molar-refractivity contribution in [3.63, 3.8) is 0 Å². The molecular formula is C14H23N3OS. The van der Waals surface area contributed by atoms with Gasteiger partial charge in [0.05, 0.1) is 10.6 Å². The Morgan fingerprint density at radius 1 is 1.37 bits per heavy atom. The van der Waals surface area contributed by atoms with Gasteiger partial charge in [0.25, 0.3) is 5.91 Å². The van der Waals surface area contributed by atoms with Gasteiger partial charge in [-0.15, -0.1) is 11.3 Å². The van der Waals surface area contributed by atoms with Crippen LogP contribution in [0.15, 0.2) is 0 Å². The van der Waals surface area contributed by atoms with E-state index in [9.17, 15) is 4.79 Å². The van der Waals surface area contributed by atoms with Gasteiger partial charge in [-0.2, -0.15) is 0 Å². The van der Waals surface area contributed by atoms with Crippen molar-refractivity contribution < 1.29 is 4.79 Å². The number of anilines is 1. The third kappa shape index (κ3) is 2.62. The lowest BCUT2D eigenvalue weighted by atomic mass is 10.0. The maximum absolute atomic E-state index is 12.6. The van der Waals surface area contributed by atoms with E-state index in [0.29, 0.717) is 5.00 Å². The van der Waals surface area contributed by atoms with Gasteiger partial charge in [-0.25, -0.2) is 0 Å². The Morgan fingerprint density at radius 3 is 2.63 bits per heavy atom. The van der Waals surface area contributed by atoms with Crippen molar-refractivity contribution in [2.24, 2.45) is 0 Å². The van der Waals surface area contributed by atoms with Crippen molar-refractivity contribution in [1.82, 2.24) is 9.80 Å². The van der Waals surface area contributed by atoms with Gasteiger partial charge in [0.15, 0.2) is 0 Å². The second-order valence-electron chi connectivity index (χ2n) is 4.84. The van der Waals surface area contributed by atoms with Gasteiger partial charge in [0, 0.05) is 31.1 Å². The van der Waals surface area contributed by atoms with Crippen LogP contribution < -0.4 is 5.73 Å². The number of likely N-dealkylation sites (N-methyl/N-ethyl adjacent to an activating group) is 1. The van der Waals surface area contributed by atoms with Crippen LogP contribution >= 0.6 is 11.3 Å². The molecule has 19 heavy (non-hydrogen) atoms. The van der Waals surface area contributed by atoms with E-state index in [1.807, 2.05) is 18.7 Å². The first-order valence-electron chi connectivity index (χ1n) is 7.03. The lowest BCUT2D eigenvalue weighted by molar-refractivity contribution is 0.0772. The smallest absolute Gasteiger partial charge is 0.257 e. The molecule has 0 fully saturated rings. The average molecular weight is 281 g/mol. The lowest BCUT2D eigenvalue weighted by Gasteiger charge is -2.26. The summed E-state index contributed by atoms with van der Waals surface area (Å²) >= 11 is 1.59. The van der Waals surface area contributed by atoms with Gasteiger partial charge >= 0.3 is 0 Å². The van der Waals surface area contributed by atoms with Crippen LogP contribution in [-0.4, -0.2) is 41.9 Å². The third-order valence-electron chi connectivity index (χ3n) is 3.87. The van der Waals surface area contributed by atoms with E-state index in [2.05, 4.69) is 11.8 Å². The molecule has 0 atom stereocenters. The van der Waals surface area contributed by atoms with Crippen molar-refractivity contribution >= 4 is 22.2 Å². The van der Waals surface area contributed by atoms with Crippen molar-refractivity contribution in [3.05, 3.63) is 16.0 Å². The highest BCUT2D eigenvalue weighted by molar-refractivity contribution is 7.16. The molecule has 1 aliphatic heterocycles. The zero-order valence-electron chi connectivity index (χ0n) is 12.0. The molecule has 2 N–H and O–H groups in total. The highest BCUT2D eigenvalue weighted by Gasteiger charge is 2.28. The minimum absolute atomic E-state index is 0.102. The minimum atomic E-state index is 0.102. The van der Waals surface area contributed by atoms with E-state index in [0.717, 1.165) is 44.7 Å². The predicted octanol–water partition coefficient (Wildman–Crippen LogP) is 2.19. The van der Waals surface area contributed by atoms with E-state index in [-0.39, 0.29) is 5.91 Å². The molecule has 1 aliphatic rings. The molecule has 5 heteroatoms. The maximum Gasteiger partial charge on any atom is 0.257 e. The first-order valence-corrected chi connectivity index (χ1v) is 7.85. The first kappa shape index (κ1) is 14.3. The fraction of sp³-hybridized carbons (Fsp3) is 0.643. The summed E-state index contributed by atoms with van der Waals surface area (Å²) in [5.41, 5.74) is 8.08. The monoisotopic (exact) mass is 281 g/mol. The van der Waals surface area contributed by atoms with Crippen molar-refractivity contribution in [2.45, 2.75) is 33.7 Å². The van der Waals surface area contributed by atoms with Crippen LogP contribution in [0.25, 0.3) is 0 Å². The number of fused-ring (bicyclic) bond motifs is 1. The number of carbonyl (C=O) groups is 1. The van der Waals surface area contributed by atoms with E-state index in [1.165, 1.54) is 10.4 Å². The molecule has 4 nitrogen and oxygen atoms in total. The van der Waals surface area contributed by atoms with Gasteiger partial charge in [0.1, 0.15) is 0 Å². The second kappa shape index (κ2) is 5.92. The number of carbonyl (C=O) groups excluding carboxylic acids is 1. The Hall–Kier alpha value is -1.07. The molecule has 0 aromatic carbocycles. The highest BCUT2D eigenvalue weighted by atomic mass is 32.1. The highest BCUT2D eigenvalue weighted by Crippen LogP contribution is 2.35. The summed E-state index contributed by atoms with van der Waals surface area (Å²) in [5, 5.41) is 0.694. The number of nitrogens with two attached hydrogens (primary N) is 1. The molecule has 0 aliphatic carbocycles. The summed E-state index contributed by atoms with van der Waals surface area (Å²) in [6, 6.07) is 0. The number of nitrogen functional groups attached to an aromatic ring is 1. The van der Waals surface area contributed by atoms with E-state index < -0.39 is 0 Å². The maximum atomic E-state index is 12.6. The molecular weight excluding hydrogens is 258 g/mol. The Bertz CT molecular complexity index is 466. The quantitative estimate of drug-likeness (QED) is 0.920. The van der Waals surface area contributed by atoms with E-state index in [4.69, 9.17) is 5.73 Å². The van der Waals surface area contributed by atoms with Crippen LogP contribution in [0.4, 0.5) is 5.00 Å². The molecule has 0 saturated heterocycles. The minimum Gasteiger partial charge on any atom is -0.390 e. The van der Waals surface area contributed by atoms with Crippen molar-refractivity contribution in [2.75, 3.05) is 31.9 Å². The molecule has 1 aromatic heterocycles. The molecule has 106 valence electrons. The largest absolute Gasteiger partial charge is 0.390 e.